The third-order valence-corrected chi connectivity index (χ3v) is 4.82. The molecule has 3 rings (SSSR count). The average Bonchev–Trinajstić information content (AvgIpc) is 3.13. The number of anilines is 1. The normalized spacial score (nSPS) is 22.9. The predicted molar refractivity (Wildman–Crippen MR) is 80.5 cm³/mol. The van der Waals surface area contributed by atoms with Crippen LogP contribution in [0.3, 0.4) is 0 Å². The minimum Gasteiger partial charge on any atom is -0.366 e. The lowest BCUT2D eigenvalue weighted by Crippen LogP contribution is -2.38. The molecule has 2 nitrogen and oxygen atoms in total. The fourth-order valence-corrected chi connectivity index (χ4v) is 3.48. The molecule has 1 saturated heterocycles. The van der Waals surface area contributed by atoms with Gasteiger partial charge >= 0.3 is 6.18 Å². The molecule has 0 aromatic heterocycles. The van der Waals surface area contributed by atoms with Crippen LogP contribution in [0.2, 0.25) is 0 Å². The van der Waals surface area contributed by atoms with Crippen molar-refractivity contribution in [2.45, 2.75) is 43.9 Å². The van der Waals surface area contributed by atoms with Gasteiger partial charge in [-0.2, -0.15) is 13.2 Å². The summed E-state index contributed by atoms with van der Waals surface area (Å²) in [5, 5.41) is 3.52. The molecule has 1 atom stereocenters. The lowest BCUT2D eigenvalue weighted by molar-refractivity contribution is -0.137. The van der Waals surface area contributed by atoms with Crippen LogP contribution < -0.4 is 10.2 Å². The van der Waals surface area contributed by atoms with Crippen molar-refractivity contribution < 1.29 is 13.2 Å². The topological polar surface area (TPSA) is 15.3 Å². The molecule has 6 heteroatoms. The lowest BCUT2D eigenvalue weighted by atomic mass is 10.1. The van der Waals surface area contributed by atoms with E-state index in [-0.39, 0.29) is 0 Å². The molecular formula is C15H18BrF3N2. The largest absolute Gasteiger partial charge is 0.416 e. The highest BCUT2D eigenvalue weighted by molar-refractivity contribution is 9.10. The first-order valence-corrected chi connectivity index (χ1v) is 8.11. The lowest BCUT2D eigenvalue weighted by Gasteiger charge is -2.28. The predicted octanol–water partition coefficient (Wildman–Crippen LogP) is 4.19. The van der Waals surface area contributed by atoms with Gasteiger partial charge in [-0.05, 0) is 59.8 Å². The molecule has 2 fully saturated rings. The quantitative estimate of drug-likeness (QED) is 0.863. The zero-order chi connectivity index (χ0) is 15.0. The molecule has 1 saturated carbocycles. The summed E-state index contributed by atoms with van der Waals surface area (Å²) in [5.41, 5.74) is 0.257. The van der Waals surface area contributed by atoms with Crippen LogP contribution in [-0.2, 0) is 6.18 Å². The molecule has 0 bridgehead atoms. The number of halogens is 4. The first kappa shape index (κ1) is 15.2. The molecule has 1 N–H and O–H groups in total. The van der Waals surface area contributed by atoms with E-state index in [1.807, 2.05) is 0 Å². The van der Waals surface area contributed by atoms with Gasteiger partial charge in [-0.1, -0.05) is 0 Å². The van der Waals surface area contributed by atoms with Gasteiger partial charge in [0.2, 0.25) is 0 Å². The van der Waals surface area contributed by atoms with Crippen LogP contribution in [0.4, 0.5) is 18.9 Å². The Labute approximate surface area is 130 Å². The average molecular weight is 363 g/mol. The number of rotatable bonds is 4. The monoisotopic (exact) mass is 362 g/mol. The van der Waals surface area contributed by atoms with Crippen molar-refractivity contribution in [3.05, 3.63) is 28.2 Å². The third-order valence-electron chi connectivity index (χ3n) is 4.18. The number of hydrogen-bond acceptors (Lipinski definition) is 2. The zero-order valence-electron chi connectivity index (χ0n) is 11.6. The highest BCUT2D eigenvalue weighted by Gasteiger charge is 2.33. The van der Waals surface area contributed by atoms with Crippen molar-refractivity contribution in [3.8, 4) is 0 Å². The summed E-state index contributed by atoms with van der Waals surface area (Å²) in [7, 11) is 0. The molecule has 116 valence electrons. The molecule has 0 amide bonds. The Morgan fingerprint density at radius 3 is 2.62 bits per heavy atom. The van der Waals surface area contributed by atoms with Crippen LogP contribution in [0.5, 0.6) is 0 Å². The van der Waals surface area contributed by atoms with Crippen LogP contribution in [0.1, 0.15) is 31.2 Å². The van der Waals surface area contributed by atoms with E-state index in [0.717, 1.165) is 31.6 Å². The number of hydrogen-bond donors (Lipinski definition) is 1. The van der Waals surface area contributed by atoms with Crippen molar-refractivity contribution in [2.24, 2.45) is 0 Å². The van der Waals surface area contributed by atoms with Gasteiger partial charge in [0.05, 0.1) is 11.3 Å². The van der Waals surface area contributed by atoms with Gasteiger partial charge in [0, 0.05) is 29.6 Å². The minimum atomic E-state index is -4.29. The number of benzene rings is 1. The molecule has 1 heterocycles. The zero-order valence-corrected chi connectivity index (χ0v) is 13.2. The van der Waals surface area contributed by atoms with E-state index in [1.165, 1.54) is 25.0 Å². The second kappa shape index (κ2) is 5.80. The Balaban J connectivity index is 1.75. The summed E-state index contributed by atoms with van der Waals surface area (Å²) in [6.07, 6.45) is 0.379. The summed E-state index contributed by atoms with van der Waals surface area (Å²) in [6.45, 7) is 1.82. The van der Waals surface area contributed by atoms with E-state index in [0.29, 0.717) is 16.6 Å². The Bertz CT molecular complexity index is 514. The minimum absolute atomic E-state index is 0.374. The summed E-state index contributed by atoms with van der Waals surface area (Å²) in [4.78, 5) is 2.22. The van der Waals surface area contributed by atoms with Crippen molar-refractivity contribution >= 4 is 21.6 Å². The van der Waals surface area contributed by atoms with E-state index in [9.17, 15) is 13.2 Å². The fourth-order valence-electron chi connectivity index (χ4n) is 2.87. The van der Waals surface area contributed by atoms with E-state index < -0.39 is 11.7 Å². The Morgan fingerprint density at radius 2 is 2.00 bits per heavy atom. The highest BCUT2D eigenvalue weighted by atomic mass is 79.9. The van der Waals surface area contributed by atoms with Crippen molar-refractivity contribution in [1.29, 1.82) is 0 Å². The summed E-state index contributed by atoms with van der Waals surface area (Å²) in [6, 6.07) is 4.97. The van der Waals surface area contributed by atoms with Gasteiger partial charge in [0.25, 0.3) is 0 Å². The van der Waals surface area contributed by atoms with Crippen LogP contribution >= 0.6 is 15.9 Å². The van der Waals surface area contributed by atoms with Crippen LogP contribution in [0.25, 0.3) is 0 Å². The molecule has 21 heavy (non-hydrogen) atoms. The van der Waals surface area contributed by atoms with Crippen LogP contribution in [0, 0.1) is 0 Å². The maximum Gasteiger partial charge on any atom is 0.416 e. The van der Waals surface area contributed by atoms with Gasteiger partial charge in [0.1, 0.15) is 0 Å². The maximum absolute atomic E-state index is 12.7. The molecule has 1 aromatic carbocycles. The SMILES string of the molecule is FC(F)(F)c1ccc(N2CCCC2CNC2CC2)c(Br)c1. The van der Waals surface area contributed by atoms with E-state index in [4.69, 9.17) is 0 Å². The Morgan fingerprint density at radius 1 is 1.24 bits per heavy atom. The summed E-state index contributed by atoms with van der Waals surface area (Å²) in [5.74, 6) is 0. The summed E-state index contributed by atoms with van der Waals surface area (Å²) < 4.78 is 38.7. The Kier molecular flexibility index (Phi) is 4.19. The van der Waals surface area contributed by atoms with Crippen molar-refractivity contribution in [1.82, 2.24) is 5.32 Å². The molecule has 0 radical (unpaired) electrons. The number of nitrogens with zero attached hydrogens (tertiary/aromatic N) is 1. The molecular weight excluding hydrogens is 345 g/mol. The van der Waals surface area contributed by atoms with Gasteiger partial charge in [-0.15, -0.1) is 0 Å². The number of nitrogens with one attached hydrogen (secondary N) is 1. The maximum atomic E-state index is 12.7. The van der Waals surface area contributed by atoms with E-state index in [2.05, 4.69) is 26.1 Å². The van der Waals surface area contributed by atoms with Crippen molar-refractivity contribution in [2.75, 3.05) is 18.0 Å². The molecule has 1 aliphatic carbocycles. The number of alkyl halides is 3. The second-order valence-electron chi connectivity index (χ2n) is 5.84. The van der Waals surface area contributed by atoms with E-state index >= 15 is 0 Å². The summed E-state index contributed by atoms with van der Waals surface area (Å²) >= 11 is 3.31. The fraction of sp³-hybridized carbons (Fsp3) is 0.600. The van der Waals surface area contributed by atoms with Crippen LogP contribution in [-0.4, -0.2) is 25.2 Å². The molecule has 1 aliphatic heterocycles. The Hall–Kier alpha value is -0.750. The van der Waals surface area contributed by atoms with Gasteiger partial charge in [-0.25, -0.2) is 0 Å². The second-order valence-corrected chi connectivity index (χ2v) is 6.69. The molecule has 1 unspecified atom stereocenters. The molecule has 2 aliphatic rings. The van der Waals surface area contributed by atoms with E-state index in [1.54, 1.807) is 6.07 Å². The first-order valence-electron chi connectivity index (χ1n) is 7.32. The highest BCUT2D eigenvalue weighted by Crippen LogP contribution is 2.37. The smallest absolute Gasteiger partial charge is 0.366 e. The molecule has 0 spiro atoms. The van der Waals surface area contributed by atoms with Gasteiger partial charge < -0.3 is 10.2 Å². The van der Waals surface area contributed by atoms with Gasteiger partial charge in [-0.3, -0.25) is 0 Å². The van der Waals surface area contributed by atoms with Crippen LogP contribution in [0.15, 0.2) is 22.7 Å². The molecule has 1 aromatic rings. The standard InChI is InChI=1S/C15H18BrF3N2/c16-13-8-10(15(17,18)19)3-6-14(13)21-7-1-2-12(21)9-20-11-4-5-11/h3,6,8,11-12,20H,1-2,4-5,7,9H2. The van der Waals surface area contributed by atoms with Crippen molar-refractivity contribution in [3.63, 3.8) is 0 Å². The first-order chi connectivity index (χ1) is 9.95. The third kappa shape index (κ3) is 3.54. The van der Waals surface area contributed by atoms with Gasteiger partial charge in [0.15, 0.2) is 0 Å².